The van der Waals surface area contributed by atoms with Crippen LogP contribution >= 0.6 is 0 Å². The third kappa shape index (κ3) is 7.68. The van der Waals surface area contributed by atoms with Crippen LogP contribution < -0.4 is 19.1 Å². The Morgan fingerprint density at radius 3 is 2.25 bits per heavy atom. The highest BCUT2D eigenvalue weighted by molar-refractivity contribution is 7.92. The molecule has 0 aromatic heterocycles. The predicted molar refractivity (Wildman–Crippen MR) is 167 cm³/mol. The number of hydrogen-bond donors (Lipinski definition) is 1. The van der Waals surface area contributed by atoms with Crippen molar-refractivity contribution in [2.75, 3.05) is 25.1 Å². The molecular weight excluding hydrogens is 585 g/mol. The monoisotopic (exact) mass is 625 g/mol. The largest absolute Gasteiger partial charge is 0.493 e. The van der Waals surface area contributed by atoms with Crippen molar-refractivity contribution in [3.8, 4) is 11.5 Å². The average molecular weight is 626 g/mol. The first-order chi connectivity index (χ1) is 21.0. The van der Waals surface area contributed by atoms with E-state index < -0.39 is 34.3 Å². The molecule has 0 aliphatic heterocycles. The van der Waals surface area contributed by atoms with Gasteiger partial charge >= 0.3 is 0 Å². The summed E-state index contributed by atoms with van der Waals surface area (Å²) in [5.41, 5.74) is 1.84. The smallest absolute Gasteiger partial charge is 0.264 e. The van der Waals surface area contributed by atoms with Crippen molar-refractivity contribution in [2.45, 2.75) is 69.5 Å². The summed E-state index contributed by atoms with van der Waals surface area (Å²) < 4.78 is 53.6. The maximum atomic E-state index is 14.2. The number of ether oxygens (including phenoxy) is 2. The minimum Gasteiger partial charge on any atom is -0.493 e. The molecule has 9 nitrogen and oxygen atoms in total. The fourth-order valence-electron chi connectivity index (χ4n) is 5.36. The zero-order valence-electron chi connectivity index (χ0n) is 25.6. The molecule has 1 fully saturated rings. The Bertz CT molecular complexity index is 1560. The quantitative estimate of drug-likeness (QED) is 0.296. The van der Waals surface area contributed by atoms with Crippen LogP contribution in [0.5, 0.6) is 11.5 Å². The first-order valence-corrected chi connectivity index (χ1v) is 16.1. The van der Waals surface area contributed by atoms with E-state index >= 15 is 0 Å². The topological polar surface area (TPSA) is 105 Å². The number of nitrogens with one attached hydrogen (secondary N) is 1. The third-order valence-corrected chi connectivity index (χ3v) is 9.83. The number of amides is 2. The van der Waals surface area contributed by atoms with Crippen LogP contribution in [0, 0.1) is 12.7 Å². The Hall–Kier alpha value is -4.12. The molecule has 0 bridgehead atoms. The second-order valence-corrected chi connectivity index (χ2v) is 12.8. The second kappa shape index (κ2) is 14.6. The SMILES string of the molecule is COc1ccc(S(=O)(=O)N(CC(=O)N(Cc2ccccc2C)[C@H](C)C(=O)NC2CCCCC2)c2ccc(F)cc2)cc1OC. The number of aryl methyl sites for hydroxylation is 1. The van der Waals surface area contributed by atoms with Crippen LogP contribution in [0.2, 0.25) is 0 Å². The first-order valence-electron chi connectivity index (χ1n) is 14.7. The number of carbonyl (C=O) groups is 2. The second-order valence-electron chi connectivity index (χ2n) is 11.0. The molecule has 11 heteroatoms. The minimum absolute atomic E-state index is 0.0373. The molecule has 1 N–H and O–H groups in total. The fraction of sp³-hybridized carbons (Fsp3) is 0.394. The van der Waals surface area contributed by atoms with Gasteiger partial charge in [0.1, 0.15) is 18.4 Å². The summed E-state index contributed by atoms with van der Waals surface area (Å²) in [7, 11) is -1.55. The van der Waals surface area contributed by atoms with Gasteiger partial charge in [-0.05, 0) is 74.2 Å². The van der Waals surface area contributed by atoms with E-state index in [0.29, 0.717) is 5.75 Å². The summed E-state index contributed by atoms with van der Waals surface area (Å²) in [6, 6.07) is 15.6. The standard InChI is InChI=1S/C33H40FN3O6S/c1-23-10-8-9-11-25(23)21-36(24(2)33(39)35-27-12-6-5-7-13-27)32(38)22-37(28-16-14-26(34)15-17-28)44(40,41)29-18-19-30(42-3)31(20-29)43-4/h8-11,14-20,24,27H,5-7,12-13,21-22H2,1-4H3,(H,35,39)/t24-/m1/s1. The van der Waals surface area contributed by atoms with Crippen molar-refractivity contribution in [1.82, 2.24) is 10.2 Å². The molecule has 1 saturated carbocycles. The molecule has 1 atom stereocenters. The molecule has 0 heterocycles. The van der Waals surface area contributed by atoms with Crippen LogP contribution in [0.1, 0.15) is 50.2 Å². The van der Waals surface area contributed by atoms with E-state index in [1.54, 1.807) is 6.92 Å². The van der Waals surface area contributed by atoms with Gasteiger partial charge in [0.25, 0.3) is 10.0 Å². The van der Waals surface area contributed by atoms with Crippen molar-refractivity contribution in [2.24, 2.45) is 0 Å². The number of hydrogen-bond acceptors (Lipinski definition) is 6. The van der Waals surface area contributed by atoms with Crippen molar-refractivity contribution in [3.63, 3.8) is 0 Å². The van der Waals surface area contributed by atoms with E-state index in [9.17, 15) is 22.4 Å². The van der Waals surface area contributed by atoms with E-state index in [-0.39, 0.29) is 34.8 Å². The van der Waals surface area contributed by atoms with Crippen molar-refractivity contribution < 1.29 is 31.9 Å². The van der Waals surface area contributed by atoms with Gasteiger partial charge in [-0.15, -0.1) is 0 Å². The summed E-state index contributed by atoms with van der Waals surface area (Å²) in [4.78, 5) is 28.9. The van der Waals surface area contributed by atoms with Crippen LogP contribution in [-0.2, 0) is 26.2 Å². The number of sulfonamides is 1. The van der Waals surface area contributed by atoms with Gasteiger partial charge in [0.05, 0.1) is 24.8 Å². The fourth-order valence-corrected chi connectivity index (χ4v) is 6.79. The van der Waals surface area contributed by atoms with Crippen LogP contribution in [-0.4, -0.2) is 58.0 Å². The van der Waals surface area contributed by atoms with E-state index in [4.69, 9.17) is 9.47 Å². The van der Waals surface area contributed by atoms with Gasteiger partial charge in [-0.3, -0.25) is 13.9 Å². The van der Waals surface area contributed by atoms with Crippen molar-refractivity contribution in [1.29, 1.82) is 0 Å². The number of anilines is 1. The lowest BCUT2D eigenvalue weighted by Crippen LogP contribution is -2.53. The first kappa shape index (κ1) is 32.8. The molecule has 0 radical (unpaired) electrons. The number of rotatable bonds is 12. The minimum atomic E-state index is -4.38. The summed E-state index contributed by atoms with van der Waals surface area (Å²) in [5, 5.41) is 3.09. The van der Waals surface area contributed by atoms with Gasteiger partial charge in [-0.1, -0.05) is 43.5 Å². The highest BCUT2D eigenvalue weighted by Gasteiger charge is 2.34. The van der Waals surface area contributed by atoms with Crippen LogP contribution in [0.4, 0.5) is 10.1 Å². The maximum absolute atomic E-state index is 14.2. The molecule has 0 saturated heterocycles. The Kier molecular flexibility index (Phi) is 10.9. The van der Waals surface area contributed by atoms with Gasteiger partial charge in [0, 0.05) is 18.7 Å². The molecule has 2 amide bonds. The normalized spacial score (nSPS) is 14.4. The molecule has 236 valence electrons. The number of methoxy groups -OCH3 is 2. The van der Waals surface area contributed by atoms with Crippen molar-refractivity contribution in [3.05, 3.63) is 83.7 Å². The lowest BCUT2D eigenvalue weighted by atomic mass is 9.95. The highest BCUT2D eigenvalue weighted by atomic mass is 32.2. The Morgan fingerprint density at radius 2 is 1.61 bits per heavy atom. The molecule has 0 unspecified atom stereocenters. The predicted octanol–water partition coefficient (Wildman–Crippen LogP) is 5.21. The van der Waals surface area contributed by atoms with Crippen molar-refractivity contribution >= 4 is 27.5 Å². The number of nitrogens with zero attached hydrogens (tertiary/aromatic N) is 2. The molecule has 3 aromatic carbocycles. The molecule has 3 aromatic rings. The molecule has 0 spiro atoms. The van der Waals surface area contributed by atoms with Crippen LogP contribution in [0.15, 0.2) is 71.6 Å². The molecule has 44 heavy (non-hydrogen) atoms. The Labute approximate surface area is 259 Å². The van der Waals surface area contributed by atoms with Gasteiger partial charge in [0.15, 0.2) is 11.5 Å². The highest BCUT2D eigenvalue weighted by Crippen LogP contribution is 2.32. The Morgan fingerprint density at radius 1 is 0.955 bits per heavy atom. The maximum Gasteiger partial charge on any atom is 0.264 e. The summed E-state index contributed by atoms with van der Waals surface area (Å²) >= 11 is 0. The van der Waals surface area contributed by atoms with Gasteiger partial charge in [-0.25, -0.2) is 12.8 Å². The zero-order chi connectivity index (χ0) is 31.9. The average Bonchev–Trinajstić information content (AvgIpc) is 3.03. The third-order valence-electron chi connectivity index (χ3n) is 8.06. The number of benzene rings is 3. The lowest BCUT2D eigenvalue weighted by molar-refractivity contribution is -0.139. The van der Waals surface area contributed by atoms with E-state index in [1.807, 2.05) is 31.2 Å². The van der Waals surface area contributed by atoms with Crippen LogP contribution in [0.3, 0.4) is 0 Å². The summed E-state index contributed by atoms with van der Waals surface area (Å²) in [6.45, 7) is 3.03. The number of carbonyl (C=O) groups excluding carboxylic acids is 2. The Balaban J connectivity index is 1.71. The number of halogens is 1. The molecule has 1 aliphatic carbocycles. The van der Waals surface area contributed by atoms with E-state index in [1.165, 1.54) is 49.5 Å². The van der Waals surface area contributed by atoms with Gasteiger partial charge in [0.2, 0.25) is 11.8 Å². The molecule has 4 rings (SSSR count). The van der Waals surface area contributed by atoms with E-state index in [0.717, 1.165) is 59.7 Å². The van der Waals surface area contributed by atoms with Gasteiger partial charge in [-0.2, -0.15) is 0 Å². The lowest BCUT2D eigenvalue weighted by Gasteiger charge is -2.33. The van der Waals surface area contributed by atoms with Gasteiger partial charge < -0.3 is 19.7 Å². The summed E-state index contributed by atoms with van der Waals surface area (Å²) in [5.74, 6) is -0.924. The van der Waals surface area contributed by atoms with E-state index in [2.05, 4.69) is 5.32 Å². The van der Waals surface area contributed by atoms with Crippen LogP contribution in [0.25, 0.3) is 0 Å². The molecular formula is C33H40FN3O6S. The molecule has 1 aliphatic rings. The zero-order valence-corrected chi connectivity index (χ0v) is 26.4. The summed E-state index contributed by atoms with van der Waals surface area (Å²) in [6.07, 6.45) is 4.96.